The molecule has 128 valence electrons. The Morgan fingerprint density at radius 2 is 2.08 bits per heavy atom. The Bertz CT molecular complexity index is 695. The lowest BCUT2D eigenvalue weighted by molar-refractivity contribution is -0.131. The second-order valence-corrected chi connectivity index (χ2v) is 8.59. The lowest BCUT2D eigenvalue weighted by atomic mass is 9.55. The highest BCUT2D eigenvalue weighted by Crippen LogP contribution is 2.60. The van der Waals surface area contributed by atoms with Crippen LogP contribution in [-0.4, -0.2) is 36.9 Å². The average molecular weight is 325 g/mol. The zero-order chi connectivity index (χ0) is 16.5. The molecule has 0 N–H and O–H groups in total. The van der Waals surface area contributed by atoms with Gasteiger partial charge >= 0.3 is 0 Å². The number of carbonyl (C=O) groups is 1. The van der Waals surface area contributed by atoms with Gasteiger partial charge < -0.3 is 4.74 Å². The van der Waals surface area contributed by atoms with Crippen molar-refractivity contribution < 1.29 is 9.53 Å². The highest BCUT2D eigenvalue weighted by Gasteiger charge is 2.59. The van der Waals surface area contributed by atoms with Gasteiger partial charge in [0.05, 0.1) is 13.2 Å². The standard InChI is InChI=1S/C21H27NO2/c1-21-8-7-16-15-6-4-14(24-2)11-13(15)3-5-17(16)18(21)12-19(20(21)23)22-9-10-22/h4,6,11,16-19H,3,5,7-10,12H2,1-2H3/t16-,17-,18+,19?,21+/m1/s1. The van der Waals surface area contributed by atoms with E-state index in [0.29, 0.717) is 23.5 Å². The maximum Gasteiger partial charge on any atom is 0.156 e. The first-order valence-electron chi connectivity index (χ1n) is 9.57. The molecule has 1 aromatic rings. The lowest BCUT2D eigenvalue weighted by Gasteiger charge is -2.48. The number of ether oxygens (including phenoxy) is 1. The molecule has 4 aliphatic rings. The Morgan fingerprint density at radius 1 is 1.25 bits per heavy atom. The zero-order valence-electron chi connectivity index (χ0n) is 14.8. The van der Waals surface area contributed by atoms with Crippen LogP contribution in [0.25, 0.3) is 0 Å². The molecule has 24 heavy (non-hydrogen) atoms. The molecular weight excluding hydrogens is 298 g/mol. The molecule has 2 saturated carbocycles. The fourth-order valence-corrected chi connectivity index (χ4v) is 6.16. The summed E-state index contributed by atoms with van der Waals surface area (Å²) < 4.78 is 5.41. The van der Waals surface area contributed by atoms with Gasteiger partial charge in [-0.3, -0.25) is 9.69 Å². The summed E-state index contributed by atoms with van der Waals surface area (Å²) in [5.74, 6) is 3.47. The lowest BCUT2D eigenvalue weighted by Crippen LogP contribution is -2.43. The van der Waals surface area contributed by atoms with Crippen LogP contribution >= 0.6 is 0 Å². The van der Waals surface area contributed by atoms with Gasteiger partial charge in [0.25, 0.3) is 0 Å². The summed E-state index contributed by atoms with van der Waals surface area (Å²) in [7, 11) is 1.75. The van der Waals surface area contributed by atoms with Gasteiger partial charge in [0.2, 0.25) is 0 Å². The number of fused-ring (bicyclic) bond motifs is 5. The Kier molecular flexibility index (Phi) is 3.16. The molecule has 1 aliphatic heterocycles. The van der Waals surface area contributed by atoms with Crippen molar-refractivity contribution in [1.82, 2.24) is 4.90 Å². The van der Waals surface area contributed by atoms with Crippen LogP contribution in [0.4, 0.5) is 0 Å². The van der Waals surface area contributed by atoms with Crippen molar-refractivity contribution >= 4 is 5.78 Å². The Balaban J connectivity index is 1.48. The first-order valence-corrected chi connectivity index (χ1v) is 9.57. The summed E-state index contributed by atoms with van der Waals surface area (Å²) in [6.07, 6.45) is 5.75. The largest absolute Gasteiger partial charge is 0.497 e. The maximum atomic E-state index is 13.1. The molecule has 1 heterocycles. The predicted molar refractivity (Wildman–Crippen MR) is 93.4 cm³/mol. The minimum atomic E-state index is -0.0571. The summed E-state index contributed by atoms with van der Waals surface area (Å²) >= 11 is 0. The SMILES string of the molecule is COc1ccc2c(c1)CC[C@@H]1[C@@H]2CC[C@]2(C)C(=O)C(N3CC3)C[C@@H]12. The highest BCUT2D eigenvalue weighted by atomic mass is 16.5. The number of hydrogen-bond acceptors (Lipinski definition) is 3. The van der Waals surface area contributed by atoms with E-state index in [2.05, 4.69) is 30.0 Å². The highest BCUT2D eigenvalue weighted by molar-refractivity contribution is 5.92. The van der Waals surface area contributed by atoms with Crippen LogP contribution in [0.1, 0.15) is 49.7 Å². The van der Waals surface area contributed by atoms with Crippen LogP contribution in [0.5, 0.6) is 5.75 Å². The average Bonchev–Trinajstić information content (AvgIpc) is 3.40. The second kappa shape index (κ2) is 5.08. The van der Waals surface area contributed by atoms with Crippen molar-refractivity contribution in [1.29, 1.82) is 0 Å². The van der Waals surface area contributed by atoms with Crippen molar-refractivity contribution in [3.8, 4) is 5.75 Å². The fourth-order valence-electron chi connectivity index (χ4n) is 6.16. The molecule has 0 amide bonds. The van der Waals surface area contributed by atoms with Gasteiger partial charge in [-0.15, -0.1) is 0 Å². The number of hydrogen-bond donors (Lipinski definition) is 0. The molecule has 3 aliphatic carbocycles. The van der Waals surface area contributed by atoms with Crippen LogP contribution in [0.15, 0.2) is 18.2 Å². The number of ketones is 1. The summed E-state index contributed by atoms with van der Waals surface area (Å²) in [6, 6.07) is 6.88. The number of carbonyl (C=O) groups excluding carboxylic acids is 1. The minimum absolute atomic E-state index is 0.0571. The van der Waals surface area contributed by atoms with Gasteiger partial charge in [-0.05, 0) is 73.1 Å². The quantitative estimate of drug-likeness (QED) is 0.780. The van der Waals surface area contributed by atoms with E-state index in [9.17, 15) is 4.79 Å². The molecular formula is C21H27NO2. The van der Waals surface area contributed by atoms with Gasteiger partial charge in [0.1, 0.15) is 5.75 Å². The third-order valence-corrected chi connectivity index (χ3v) is 7.59. The van der Waals surface area contributed by atoms with E-state index < -0.39 is 0 Å². The number of aryl methyl sites for hydroxylation is 1. The van der Waals surface area contributed by atoms with Crippen LogP contribution in [-0.2, 0) is 11.2 Å². The molecule has 5 rings (SSSR count). The van der Waals surface area contributed by atoms with Crippen LogP contribution in [0.2, 0.25) is 0 Å². The van der Waals surface area contributed by atoms with Crippen LogP contribution in [0, 0.1) is 17.3 Å². The Hall–Kier alpha value is -1.35. The van der Waals surface area contributed by atoms with E-state index in [4.69, 9.17) is 4.74 Å². The summed E-state index contributed by atoms with van der Waals surface area (Å²) in [4.78, 5) is 15.5. The van der Waals surface area contributed by atoms with Crippen molar-refractivity contribution in [2.75, 3.05) is 20.2 Å². The third-order valence-electron chi connectivity index (χ3n) is 7.59. The Labute approximate surface area is 144 Å². The molecule has 3 heteroatoms. The minimum Gasteiger partial charge on any atom is -0.497 e. The molecule has 1 aromatic carbocycles. The number of nitrogens with zero attached hydrogens (tertiary/aromatic N) is 1. The number of rotatable bonds is 2. The Morgan fingerprint density at radius 3 is 2.83 bits per heavy atom. The normalized spacial score (nSPS) is 40.7. The number of Topliss-reactive ketones (excluding diaryl/α,β-unsaturated/α-hetero) is 1. The molecule has 1 saturated heterocycles. The number of methoxy groups -OCH3 is 1. The maximum absolute atomic E-state index is 13.1. The van der Waals surface area contributed by atoms with Gasteiger partial charge in [0, 0.05) is 18.5 Å². The van der Waals surface area contributed by atoms with E-state index >= 15 is 0 Å². The summed E-state index contributed by atoms with van der Waals surface area (Å²) in [6.45, 7) is 4.55. The zero-order valence-corrected chi connectivity index (χ0v) is 14.8. The van der Waals surface area contributed by atoms with E-state index in [1.54, 1.807) is 7.11 Å². The molecule has 0 radical (unpaired) electrons. The van der Waals surface area contributed by atoms with Crippen LogP contribution < -0.4 is 4.74 Å². The van der Waals surface area contributed by atoms with Crippen molar-refractivity contribution in [2.45, 2.75) is 51.0 Å². The van der Waals surface area contributed by atoms with E-state index in [1.807, 2.05) is 0 Å². The van der Waals surface area contributed by atoms with Crippen molar-refractivity contribution in [2.24, 2.45) is 17.3 Å². The topological polar surface area (TPSA) is 29.3 Å². The van der Waals surface area contributed by atoms with E-state index in [1.165, 1.54) is 24.0 Å². The third kappa shape index (κ3) is 1.97. The van der Waals surface area contributed by atoms with Crippen molar-refractivity contribution in [3.63, 3.8) is 0 Å². The molecule has 3 fully saturated rings. The van der Waals surface area contributed by atoms with E-state index in [0.717, 1.165) is 38.1 Å². The smallest absolute Gasteiger partial charge is 0.156 e. The molecule has 5 atom stereocenters. The van der Waals surface area contributed by atoms with Crippen molar-refractivity contribution in [3.05, 3.63) is 29.3 Å². The molecule has 0 bridgehead atoms. The molecule has 0 aromatic heterocycles. The molecule has 0 spiro atoms. The van der Waals surface area contributed by atoms with E-state index in [-0.39, 0.29) is 11.5 Å². The molecule has 1 unspecified atom stereocenters. The second-order valence-electron chi connectivity index (χ2n) is 8.59. The monoisotopic (exact) mass is 325 g/mol. The first-order chi connectivity index (χ1) is 11.6. The number of benzene rings is 1. The van der Waals surface area contributed by atoms with Gasteiger partial charge in [-0.1, -0.05) is 13.0 Å². The molecule has 3 nitrogen and oxygen atoms in total. The summed E-state index contributed by atoms with van der Waals surface area (Å²) in [5.41, 5.74) is 2.96. The predicted octanol–water partition coefficient (Wildman–Crippen LogP) is 3.41. The first kappa shape index (κ1) is 14.9. The van der Waals surface area contributed by atoms with Gasteiger partial charge in [-0.25, -0.2) is 0 Å². The summed E-state index contributed by atoms with van der Waals surface area (Å²) in [5, 5.41) is 0. The van der Waals surface area contributed by atoms with Gasteiger partial charge in [-0.2, -0.15) is 0 Å². The van der Waals surface area contributed by atoms with Crippen LogP contribution in [0.3, 0.4) is 0 Å². The van der Waals surface area contributed by atoms with Gasteiger partial charge in [0.15, 0.2) is 5.78 Å². The fraction of sp³-hybridized carbons (Fsp3) is 0.667.